The molecule has 6 heteroatoms. The zero-order valence-corrected chi connectivity index (χ0v) is 17.4. The maximum Gasteiger partial charge on any atom is 0.248 e. The van der Waals surface area contributed by atoms with Crippen LogP contribution in [0.15, 0.2) is 48.5 Å². The highest BCUT2D eigenvalue weighted by Crippen LogP contribution is 2.32. The molecule has 0 aliphatic carbocycles. The third-order valence-electron chi connectivity index (χ3n) is 5.18. The summed E-state index contributed by atoms with van der Waals surface area (Å²) in [5, 5.41) is 3.95. The van der Waals surface area contributed by atoms with Gasteiger partial charge in [0.2, 0.25) is 12.7 Å². The van der Waals surface area contributed by atoms with Gasteiger partial charge < -0.3 is 19.7 Å². The third kappa shape index (κ3) is 4.08. The summed E-state index contributed by atoms with van der Waals surface area (Å²) in [4.78, 5) is 19.4. The molecule has 1 N–H and O–H groups in total. The van der Waals surface area contributed by atoms with Crippen LogP contribution in [0.1, 0.15) is 25.0 Å². The minimum Gasteiger partial charge on any atom is -0.454 e. The molecule has 0 saturated carbocycles. The van der Waals surface area contributed by atoms with Gasteiger partial charge in [-0.2, -0.15) is 0 Å². The molecule has 30 heavy (non-hydrogen) atoms. The molecule has 1 aromatic heterocycles. The van der Waals surface area contributed by atoms with Crippen LogP contribution in [0.4, 0.5) is 11.5 Å². The van der Waals surface area contributed by atoms with Crippen molar-refractivity contribution in [2.24, 2.45) is 0 Å². The molecule has 0 radical (unpaired) electrons. The summed E-state index contributed by atoms with van der Waals surface area (Å²) < 4.78 is 10.7. The Hall–Kier alpha value is -3.54. The molecule has 1 aliphatic rings. The number of aryl methyl sites for hydroxylation is 1. The Morgan fingerprint density at radius 2 is 1.90 bits per heavy atom. The van der Waals surface area contributed by atoms with Crippen LogP contribution in [0.3, 0.4) is 0 Å². The summed E-state index contributed by atoms with van der Waals surface area (Å²) in [6.07, 6.45) is 3.26. The van der Waals surface area contributed by atoms with Gasteiger partial charge in [0.05, 0.1) is 5.52 Å². The number of nitrogens with zero attached hydrogens (tertiary/aromatic N) is 2. The van der Waals surface area contributed by atoms with E-state index in [0.29, 0.717) is 5.75 Å². The second-order valence-electron chi connectivity index (χ2n) is 7.14. The average molecular weight is 403 g/mol. The number of nitrogens with one attached hydrogen (secondary N) is 1. The summed E-state index contributed by atoms with van der Waals surface area (Å²) >= 11 is 0. The average Bonchev–Trinajstić information content (AvgIpc) is 3.21. The lowest BCUT2D eigenvalue weighted by atomic mass is 10.1. The maximum absolute atomic E-state index is 12.4. The highest BCUT2D eigenvalue weighted by molar-refractivity contribution is 6.03. The first-order valence-electron chi connectivity index (χ1n) is 10.1. The Morgan fingerprint density at radius 3 is 2.70 bits per heavy atom. The van der Waals surface area contributed by atoms with Gasteiger partial charge in [0.15, 0.2) is 11.5 Å². The zero-order valence-electron chi connectivity index (χ0n) is 17.4. The van der Waals surface area contributed by atoms with Crippen LogP contribution in [0, 0.1) is 6.92 Å². The van der Waals surface area contributed by atoms with E-state index in [0.717, 1.165) is 52.4 Å². The standard InChI is InChI=1S/C24H25N3O3/c1-4-27(5-2)23-12-16(3)19-14-18(8-9-20(19)26-23)25-24(28)11-7-17-6-10-21-22(13-17)30-15-29-21/h6-14H,4-5,15H2,1-3H3,(H,25,28)/b11-7+. The van der Waals surface area contributed by atoms with Crippen molar-refractivity contribution in [3.8, 4) is 11.5 Å². The fourth-order valence-corrected chi connectivity index (χ4v) is 3.54. The molecule has 0 unspecified atom stereocenters. The fourth-order valence-electron chi connectivity index (χ4n) is 3.54. The molecule has 2 heterocycles. The number of aromatic nitrogens is 1. The second kappa shape index (κ2) is 8.45. The number of hydrogen-bond donors (Lipinski definition) is 1. The van der Waals surface area contributed by atoms with Gasteiger partial charge >= 0.3 is 0 Å². The van der Waals surface area contributed by atoms with E-state index in [2.05, 4.69) is 37.1 Å². The first kappa shape index (κ1) is 19.8. The number of ether oxygens (including phenoxy) is 2. The van der Waals surface area contributed by atoms with Gasteiger partial charge in [-0.1, -0.05) is 6.07 Å². The van der Waals surface area contributed by atoms with Gasteiger partial charge in [0.25, 0.3) is 0 Å². The molecule has 0 atom stereocenters. The molecular formula is C24H25N3O3. The number of carbonyl (C=O) groups is 1. The zero-order chi connectivity index (χ0) is 21.1. The summed E-state index contributed by atoms with van der Waals surface area (Å²) in [7, 11) is 0. The quantitative estimate of drug-likeness (QED) is 0.601. The van der Waals surface area contributed by atoms with E-state index in [-0.39, 0.29) is 12.7 Å². The van der Waals surface area contributed by atoms with Crippen LogP contribution in [-0.2, 0) is 4.79 Å². The molecule has 0 fully saturated rings. The molecule has 4 rings (SSSR count). The first-order valence-corrected chi connectivity index (χ1v) is 10.1. The SMILES string of the molecule is CCN(CC)c1cc(C)c2cc(NC(=O)/C=C/c3ccc4c(c3)OCO4)ccc2n1. The molecular weight excluding hydrogens is 378 g/mol. The van der Waals surface area contributed by atoms with Crippen molar-refractivity contribution in [1.29, 1.82) is 0 Å². The Bertz CT molecular complexity index is 1120. The van der Waals surface area contributed by atoms with Crippen LogP contribution in [0.5, 0.6) is 11.5 Å². The maximum atomic E-state index is 12.4. The van der Waals surface area contributed by atoms with Gasteiger partial charge in [0.1, 0.15) is 5.82 Å². The Kier molecular flexibility index (Phi) is 5.57. The fraction of sp³-hybridized carbons (Fsp3) is 0.250. The van der Waals surface area contributed by atoms with Crippen molar-refractivity contribution in [3.63, 3.8) is 0 Å². The van der Waals surface area contributed by atoms with Crippen LogP contribution in [0.2, 0.25) is 0 Å². The molecule has 154 valence electrons. The molecule has 0 spiro atoms. The number of benzene rings is 2. The number of pyridine rings is 1. The van der Waals surface area contributed by atoms with Crippen LogP contribution in [0.25, 0.3) is 17.0 Å². The van der Waals surface area contributed by atoms with Gasteiger partial charge in [-0.15, -0.1) is 0 Å². The Balaban J connectivity index is 1.50. The van der Waals surface area contributed by atoms with E-state index >= 15 is 0 Å². The lowest BCUT2D eigenvalue weighted by molar-refractivity contribution is -0.111. The van der Waals surface area contributed by atoms with Crippen LogP contribution < -0.4 is 19.7 Å². The molecule has 6 nitrogen and oxygen atoms in total. The summed E-state index contributed by atoms with van der Waals surface area (Å²) in [6, 6.07) is 13.5. The van der Waals surface area contributed by atoms with Crippen molar-refractivity contribution in [2.75, 3.05) is 30.1 Å². The molecule has 0 saturated heterocycles. The van der Waals surface area contributed by atoms with E-state index in [1.165, 1.54) is 6.08 Å². The minimum absolute atomic E-state index is 0.197. The summed E-state index contributed by atoms with van der Waals surface area (Å²) in [5.74, 6) is 2.20. The van der Waals surface area contributed by atoms with Crippen LogP contribution >= 0.6 is 0 Å². The van der Waals surface area contributed by atoms with E-state index in [4.69, 9.17) is 14.5 Å². The number of rotatable bonds is 6. The number of amides is 1. The molecule has 1 amide bonds. The van der Waals surface area contributed by atoms with Gasteiger partial charge in [-0.25, -0.2) is 4.98 Å². The molecule has 2 aromatic carbocycles. The largest absolute Gasteiger partial charge is 0.454 e. The predicted molar refractivity (Wildman–Crippen MR) is 120 cm³/mol. The number of hydrogen-bond acceptors (Lipinski definition) is 5. The lowest BCUT2D eigenvalue weighted by Gasteiger charge is -2.21. The summed E-state index contributed by atoms with van der Waals surface area (Å²) in [5.41, 5.74) is 3.67. The smallest absolute Gasteiger partial charge is 0.248 e. The van der Waals surface area contributed by atoms with Crippen LogP contribution in [-0.4, -0.2) is 30.8 Å². The minimum atomic E-state index is -0.197. The Labute approximate surface area is 176 Å². The van der Waals surface area contributed by atoms with E-state index in [1.54, 1.807) is 6.08 Å². The van der Waals surface area contributed by atoms with Crippen molar-refractivity contribution in [3.05, 3.63) is 59.7 Å². The topological polar surface area (TPSA) is 63.7 Å². The third-order valence-corrected chi connectivity index (χ3v) is 5.18. The normalized spacial score (nSPS) is 12.5. The Morgan fingerprint density at radius 1 is 1.10 bits per heavy atom. The predicted octanol–water partition coefficient (Wildman–Crippen LogP) is 4.77. The van der Waals surface area contributed by atoms with Crippen molar-refractivity contribution >= 4 is 34.4 Å². The highest BCUT2D eigenvalue weighted by Gasteiger charge is 2.12. The van der Waals surface area contributed by atoms with Gasteiger partial charge in [-0.05, 0) is 74.4 Å². The van der Waals surface area contributed by atoms with Crippen molar-refractivity contribution < 1.29 is 14.3 Å². The molecule has 1 aliphatic heterocycles. The monoisotopic (exact) mass is 403 g/mol. The van der Waals surface area contributed by atoms with Gasteiger partial charge in [0, 0.05) is 30.2 Å². The number of carbonyl (C=O) groups excluding carboxylic acids is 1. The van der Waals surface area contributed by atoms with Crippen molar-refractivity contribution in [2.45, 2.75) is 20.8 Å². The van der Waals surface area contributed by atoms with Crippen molar-refractivity contribution in [1.82, 2.24) is 4.98 Å². The molecule has 3 aromatic rings. The highest BCUT2D eigenvalue weighted by atomic mass is 16.7. The van der Waals surface area contributed by atoms with E-state index in [1.807, 2.05) is 36.4 Å². The second-order valence-corrected chi connectivity index (χ2v) is 7.14. The lowest BCUT2D eigenvalue weighted by Crippen LogP contribution is -2.23. The number of anilines is 2. The summed E-state index contributed by atoms with van der Waals surface area (Å²) in [6.45, 7) is 8.38. The number of fused-ring (bicyclic) bond motifs is 2. The van der Waals surface area contributed by atoms with E-state index < -0.39 is 0 Å². The molecule has 0 bridgehead atoms. The van der Waals surface area contributed by atoms with E-state index in [9.17, 15) is 4.79 Å². The van der Waals surface area contributed by atoms with Gasteiger partial charge in [-0.3, -0.25) is 4.79 Å². The first-order chi connectivity index (χ1) is 14.6.